The Morgan fingerprint density at radius 1 is 1.35 bits per heavy atom. The van der Waals surface area contributed by atoms with Crippen LogP contribution < -0.4 is 10.1 Å². The third-order valence-corrected chi connectivity index (χ3v) is 2.97. The van der Waals surface area contributed by atoms with E-state index in [4.69, 9.17) is 16.3 Å². The molecule has 0 spiro atoms. The minimum absolute atomic E-state index is 0.180. The number of methoxy groups -OCH3 is 1. The van der Waals surface area contributed by atoms with Crippen LogP contribution in [0.2, 0.25) is 5.15 Å². The van der Waals surface area contributed by atoms with Crippen LogP contribution in [0, 0.1) is 0 Å². The van der Waals surface area contributed by atoms with E-state index in [2.05, 4.69) is 15.3 Å². The number of halogens is 1. The van der Waals surface area contributed by atoms with E-state index in [0.29, 0.717) is 0 Å². The quantitative estimate of drug-likeness (QED) is 0.940. The first-order valence-corrected chi connectivity index (χ1v) is 6.41. The summed E-state index contributed by atoms with van der Waals surface area (Å²) >= 11 is 5.72. The van der Waals surface area contributed by atoms with Crippen LogP contribution in [0.3, 0.4) is 0 Å². The summed E-state index contributed by atoms with van der Waals surface area (Å²) in [5.74, 6) is 0.385. The van der Waals surface area contributed by atoms with E-state index in [1.54, 1.807) is 7.11 Å². The lowest BCUT2D eigenvalue weighted by Gasteiger charge is -2.16. The molecule has 6 heteroatoms. The fraction of sp³-hybridized carbons (Fsp3) is 0.214. The van der Waals surface area contributed by atoms with Gasteiger partial charge >= 0.3 is 0 Å². The number of amides is 1. The van der Waals surface area contributed by atoms with Crippen LogP contribution >= 0.6 is 11.6 Å². The van der Waals surface area contributed by atoms with Crippen LogP contribution in [0.15, 0.2) is 36.7 Å². The highest BCUT2D eigenvalue weighted by molar-refractivity contribution is 6.29. The number of carbonyl (C=O) groups is 1. The number of nitrogens with zero attached hydrogens (tertiary/aromatic N) is 2. The molecule has 5 nitrogen and oxygen atoms in total. The maximum Gasteiger partial charge on any atom is 0.272 e. The van der Waals surface area contributed by atoms with Gasteiger partial charge in [0, 0.05) is 5.56 Å². The molecule has 2 aromatic rings. The molecule has 20 heavy (non-hydrogen) atoms. The Bertz CT molecular complexity index is 619. The van der Waals surface area contributed by atoms with E-state index in [1.165, 1.54) is 12.4 Å². The molecule has 0 saturated carbocycles. The minimum atomic E-state index is -0.335. The molecule has 0 bridgehead atoms. The van der Waals surface area contributed by atoms with Gasteiger partial charge in [0.2, 0.25) is 0 Å². The van der Waals surface area contributed by atoms with Gasteiger partial charge in [-0.2, -0.15) is 0 Å². The van der Waals surface area contributed by atoms with Crippen molar-refractivity contribution in [3.05, 3.63) is 53.1 Å². The van der Waals surface area contributed by atoms with Crippen molar-refractivity contribution in [3.8, 4) is 5.75 Å². The SMILES string of the molecule is COc1ccccc1C(C)NC(=O)c1cncc(Cl)n1. The van der Waals surface area contributed by atoms with Crippen molar-refractivity contribution in [2.75, 3.05) is 7.11 Å². The van der Waals surface area contributed by atoms with E-state index in [-0.39, 0.29) is 22.8 Å². The van der Waals surface area contributed by atoms with Gasteiger partial charge in [-0.1, -0.05) is 29.8 Å². The number of hydrogen-bond donors (Lipinski definition) is 1. The van der Waals surface area contributed by atoms with Gasteiger partial charge < -0.3 is 10.1 Å². The maximum atomic E-state index is 12.1. The van der Waals surface area contributed by atoms with Crippen molar-refractivity contribution < 1.29 is 9.53 Å². The van der Waals surface area contributed by atoms with Gasteiger partial charge in [0.15, 0.2) is 0 Å². The van der Waals surface area contributed by atoms with Gasteiger partial charge in [-0.25, -0.2) is 4.98 Å². The summed E-state index contributed by atoms with van der Waals surface area (Å²) in [7, 11) is 1.59. The first-order chi connectivity index (χ1) is 9.61. The second-order valence-electron chi connectivity index (χ2n) is 4.16. The summed E-state index contributed by atoms with van der Waals surface area (Å²) in [6.45, 7) is 1.87. The molecular formula is C14H14ClN3O2. The fourth-order valence-corrected chi connectivity index (χ4v) is 1.97. The first kappa shape index (κ1) is 14.3. The zero-order valence-corrected chi connectivity index (χ0v) is 11.9. The van der Waals surface area contributed by atoms with Gasteiger partial charge in [0.05, 0.1) is 25.5 Å². The topological polar surface area (TPSA) is 64.1 Å². The molecule has 1 unspecified atom stereocenters. The van der Waals surface area contributed by atoms with Gasteiger partial charge in [-0.3, -0.25) is 9.78 Å². The average molecular weight is 292 g/mol. The summed E-state index contributed by atoms with van der Waals surface area (Å²) in [5, 5.41) is 3.02. The van der Waals surface area contributed by atoms with Crippen molar-refractivity contribution >= 4 is 17.5 Å². The lowest BCUT2D eigenvalue weighted by Crippen LogP contribution is -2.27. The van der Waals surface area contributed by atoms with Crippen LogP contribution in [0.5, 0.6) is 5.75 Å². The fourth-order valence-electron chi connectivity index (χ4n) is 1.82. The highest BCUT2D eigenvalue weighted by Crippen LogP contribution is 2.24. The van der Waals surface area contributed by atoms with Crippen molar-refractivity contribution in [3.63, 3.8) is 0 Å². The molecule has 0 aliphatic rings. The number of rotatable bonds is 4. The molecule has 1 amide bonds. The Kier molecular flexibility index (Phi) is 4.53. The van der Waals surface area contributed by atoms with E-state index in [9.17, 15) is 4.79 Å². The average Bonchev–Trinajstić information content (AvgIpc) is 2.47. The zero-order chi connectivity index (χ0) is 14.5. The summed E-state index contributed by atoms with van der Waals surface area (Å²) < 4.78 is 5.27. The number of benzene rings is 1. The van der Waals surface area contributed by atoms with Crippen molar-refractivity contribution in [2.24, 2.45) is 0 Å². The molecule has 0 aliphatic carbocycles. The molecule has 0 saturated heterocycles. The second-order valence-corrected chi connectivity index (χ2v) is 4.55. The van der Waals surface area contributed by atoms with E-state index in [1.807, 2.05) is 31.2 Å². The normalized spacial score (nSPS) is 11.8. The molecule has 0 fully saturated rings. The van der Waals surface area contributed by atoms with E-state index >= 15 is 0 Å². The van der Waals surface area contributed by atoms with Crippen LogP contribution in [-0.4, -0.2) is 23.0 Å². The van der Waals surface area contributed by atoms with E-state index < -0.39 is 0 Å². The smallest absolute Gasteiger partial charge is 0.272 e. The van der Waals surface area contributed by atoms with Crippen molar-refractivity contribution in [2.45, 2.75) is 13.0 Å². The Hall–Kier alpha value is -2.14. The van der Waals surface area contributed by atoms with Gasteiger partial charge in [0.1, 0.15) is 16.6 Å². The Labute approximate surface area is 122 Å². The van der Waals surface area contributed by atoms with Crippen LogP contribution in [0.4, 0.5) is 0 Å². The number of hydrogen-bond acceptors (Lipinski definition) is 4. The third kappa shape index (κ3) is 3.24. The van der Waals surface area contributed by atoms with Gasteiger partial charge in [0.25, 0.3) is 5.91 Å². The Morgan fingerprint density at radius 2 is 2.10 bits per heavy atom. The number of nitrogens with one attached hydrogen (secondary N) is 1. The van der Waals surface area contributed by atoms with Gasteiger partial charge in [-0.15, -0.1) is 0 Å². The van der Waals surface area contributed by atoms with Crippen molar-refractivity contribution in [1.82, 2.24) is 15.3 Å². The third-order valence-electron chi connectivity index (χ3n) is 2.79. The summed E-state index contributed by atoms with van der Waals surface area (Å²) in [6.07, 6.45) is 2.75. The molecule has 1 aromatic heterocycles. The lowest BCUT2D eigenvalue weighted by atomic mass is 10.1. The van der Waals surface area contributed by atoms with Crippen LogP contribution in [-0.2, 0) is 0 Å². The van der Waals surface area contributed by atoms with Crippen LogP contribution in [0.25, 0.3) is 0 Å². The number of para-hydroxylation sites is 1. The van der Waals surface area contributed by atoms with Crippen LogP contribution in [0.1, 0.15) is 29.0 Å². The van der Waals surface area contributed by atoms with E-state index in [0.717, 1.165) is 11.3 Å². The predicted octanol–water partition coefficient (Wildman–Crippen LogP) is 2.63. The second kappa shape index (κ2) is 6.34. The summed E-state index contributed by atoms with van der Waals surface area (Å²) in [6, 6.07) is 7.28. The monoisotopic (exact) mass is 291 g/mol. The zero-order valence-electron chi connectivity index (χ0n) is 11.1. The standard InChI is InChI=1S/C14H14ClN3O2/c1-9(10-5-3-4-6-12(10)20-2)17-14(19)11-7-16-8-13(15)18-11/h3-9H,1-2H3,(H,17,19). The number of ether oxygens (including phenoxy) is 1. The molecule has 0 radical (unpaired) electrons. The molecule has 1 heterocycles. The number of aromatic nitrogens is 2. The molecule has 0 aliphatic heterocycles. The molecule has 1 aromatic carbocycles. The first-order valence-electron chi connectivity index (χ1n) is 6.03. The van der Waals surface area contributed by atoms with Crippen molar-refractivity contribution in [1.29, 1.82) is 0 Å². The molecule has 1 N–H and O–H groups in total. The summed E-state index contributed by atoms with van der Waals surface area (Å²) in [4.78, 5) is 19.8. The highest BCUT2D eigenvalue weighted by Gasteiger charge is 2.16. The largest absolute Gasteiger partial charge is 0.496 e. The minimum Gasteiger partial charge on any atom is -0.496 e. The lowest BCUT2D eigenvalue weighted by molar-refractivity contribution is 0.0934. The maximum absolute atomic E-state index is 12.1. The number of carbonyl (C=O) groups excluding carboxylic acids is 1. The Balaban J connectivity index is 2.15. The predicted molar refractivity (Wildman–Crippen MR) is 75.9 cm³/mol. The highest BCUT2D eigenvalue weighted by atomic mass is 35.5. The summed E-state index contributed by atoms with van der Waals surface area (Å²) in [5.41, 5.74) is 1.07. The molecule has 104 valence electrons. The Morgan fingerprint density at radius 3 is 2.80 bits per heavy atom. The molecule has 1 atom stereocenters. The van der Waals surface area contributed by atoms with Gasteiger partial charge in [-0.05, 0) is 13.0 Å². The molecular weight excluding hydrogens is 278 g/mol. The molecule has 2 rings (SSSR count).